The van der Waals surface area contributed by atoms with Crippen LogP contribution in [0.25, 0.3) is 11.4 Å². The van der Waals surface area contributed by atoms with Gasteiger partial charge in [0.1, 0.15) is 0 Å². The minimum atomic E-state index is 0. The van der Waals surface area contributed by atoms with E-state index in [1.807, 2.05) is 11.8 Å². The second-order valence-corrected chi connectivity index (χ2v) is 10.4. The molecule has 1 aliphatic rings. The Hall–Kier alpha value is -2.44. The third kappa shape index (κ3) is 6.71. The Bertz CT molecular complexity index is 1290. The normalized spacial score (nSPS) is 15.0. The number of nitrogens with one attached hydrogen (secondary N) is 1. The molecule has 0 saturated heterocycles. The Balaban J connectivity index is 0.00000320. The van der Waals surface area contributed by atoms with Crippen molar-refractivity contribution in [2.45, 2.75) is 45.2 Å². The second kappa shape index (κ2) is 13.4. The number of hydrogen-bond acceptors (Lipinski definition) is 4. The first-order valence-corrected chi connectivity index (χ1v) is 13.8. The molecule has 0 bridgehead atoms. The molecule has 4 aromatic rings. The SMILES string of the molecule is Cc1cc(C)n(CCCCCSC2NC(c3ccccc3)=C(c3ccccc3)N2c2ccccc2)n1.[Na]. The molecule has 37 heavy (non-hydrogen) atoms. The van der Waals surface area contributed by atoms with E-state index in [2.05, 4.69) is 131 Å². The van der Waals surface area contributed by atoms with Crippen LogP contribution in [0.5, 0.6) is 0 Å². The zero-order valence-corrected chi connectivity index (χ0v) is 24.9. The summed E-state index contributed by atoms with van der Waals surface area (Å²) in [4.78, 5) is 2.47. The van der Waals surface area contributed by atoms with Crippen LogP contribution in [0, 0.1) is 13.8 Å². The molecular formula is C31H34N4NaS. The minimum Gasteiger partial charge on any atom is -0.354 e. The molecule has 1 aliphatic heterocycles. The van der Waals surface area contributed by atoms with Gasteiger partial charge in [0.05, 0.1) is 17.1 Å². The zero-order chi connectivity index (χ0) is 24.7. The van der Waals surface area contributed by atoms with Gasteiger partial charge in [0.15, 0.2) is 5.50 Å². The number of nitrogens with zero attached hydrogens (tertiary/aromatic N) is 3. The van der Waals surface area contributed by atoms with Gasteiger partial charge in [-0.05, 0) is 56.2 Å². The van der Waals surface area contributed by atoms with E-state index in [0.29, 0.717) is 0 Å². The number of para-hydroxylation sites is 1. The van der Waals surface area contributed by atoms with E-state index in [9.17, 15) is 0 Å². The largest absolute Gasteiger partial charge is 0.354 e. The van der Waals surface area contributed by atoms with E-state index in [1.165, 1.54) is 46.7 Å². The Morgan fingerprint density at radius 2 is 1.41 bits per heavy atom. The molecule has 1 N–H and O–H groups in total. The van der Waals surface area contributed by atoms with Gasteiger partial charge in [-0.3, -0.25) is 4.68 Å². The summed E-state index contributed by atoms with van der Waals surface area (Å²) in [5.41, 5.74) is 8.55. The fourth-order valence-electron chi connectivity index (χ4n) is 4.80. The van der Waals surface area contributed by atoms with Crippen LogP contribution < -0.4 is 10.2 Å². The molecule has 185 valence electrons. The van der Waals surface area contributed by atoms with Gasteiger partial charge in [-0.2, -0.15) is 5.10 Å². The molecular weight excluding hydrogens is 483 g/mol. The standard InChI is InChI=1S/C31H34N4S.Na/c1-24-23-25(2)34(33-24)21-13-6-14-22-36-31-32-29(26-15-7-3-8-16-26)30(27-17-9-4-10-18-27)35(31)28-19-11-5-12-20-28;/h3-5,7-12,15-20,23,31-32H,6,13-14,21-22H2,1-2H3;. The van der Waals surface area contributed by atoms with Crippen molar-refractivity contribution in [3.63, 3.8) is 0 Å². The third-order valence-corrected chi connectivity index (χ3v) is 7.69. The van der Waals surface area contributed by atoms with Crippen LogP contribution in [0.1, 0.15) is 41.8 Å². The van der Waals surface area contributed by atoms with Crippen molar-refractivity contribution in [1.82, 2.24) is 15.1 Å². The van der Waals surface area contributed by atoms with Gasteiger partial charge < -0.3 is 10.2 Å². The summed E-state index contributed by atoms with van der Waals surface area (Å²) in [7, 11) is 0. The summed E-state index contributed by atoms with van der Waals surface area (Å²) in [6.45, 7) is 5.20. The topological polar surface area (TPSA) is 33.1 Å². The molecule has 1 aromatic heterocycles. The van der Waals surface area contributed by atoms with E-state index >= 15 is 0 Å². The van der Waals surface area contributed by atoms with Crippen molar-refractivity contribution < 1.29 is 0 Å². The van der Waals surface area contributed by atoms with E-state index in [4.69, 9.17) is 0 Å². The van der Waals surface area contributed by atoms with Gasteiger partial charge in [0.2, 0.25) is 0 Å². The fourth-order valence-corrected chi connectivity index (χ4v) is 5.98. The van der Waals surface area contributed by atoms with Crippen molar-refractivity contribution >= 4 is 58.4 Å². The number of anilines is 1. The summed E-state index contributed by atoms with van der Waals surface area (Å²) < 4.78 is 2.14. The molecule has 0 amide bonds. The van der Waals surface area contributed by atoms with Crippen molar-refractivity contribution in [1.29, 1.82) is 0 Å². The quantitative estimate of drug-likeness (QED) is 0.182. The molecule has 3 aromatic carbocycles. The van der Waals surface area contributed by atoms with E-state index < -0.39 is 0 Å². The molecule has 1 radical (unpaired) electrons. The average molecular weight is 518 g/mol. The predicted molar refractivity (Wildman–Crippen MR) is 159 cm³/mol. The van der Waals surface area contributed by atoms with Crippen LogP contribution >= 0.6 is 11.8 Å². The van der Waals surface area contributed by atoms with Crippen molar-refractivity contribution in [3.05, 3.63) is 120 Å². The van der Waals surface area contributed by atoms with Crippen LogP contribution in [0.4, 0.5) is 5.69 Å². The molecule has 1 unspecified atom stereocenters. The second-order valence-electron chi connectivity index (χ2n) is 9.24. The predicted octanol–water partition coefficient (Wildman–Crippen LogP) is 6.94. The van der Waals surface area contributed by atoms with Crippen LogP contribution in [-0.2, 0) is 6.54 Å². The molecule has 5 rings (SSSR count). The van der Waals surface area contributed by atoms with Crippen LogP contribution in [-0.4, -0.2) is 50.6 Å². The van der Waals surface area contributed by atoms with Crippen molar-refractivity contribution in [2.75, 3.05) is 10.7 Å². The first-order chi connectivity index (χ1) is 17.7. The number of aryl methyl sites for hydroxylation is 3. The zero-order valence-electron chi connectivity index (χ0n) is 22.1. The summed E-state index contributed by atoms with van der Waals surface area (Å²) >= 11 is 1.99. The summed E-state index contributed by atoms with van der Waals surface area (Å²) in [6, 6.07) is 34.3. The molecule has 0 saturated carbocycles. The first-order valence-electron chi connectivity index (χ1n) is 12.8. The summed E-state index contributed by atoms with van der Waals surface area (Å²) in [5, 5.41) is 8.48. The van der Waals surface area contributed by atoms with E-state index in [0.717, 1.165) is 24.4 Å². The molecule has 6 heteroatoms. The Morgan fingerprint density at radius 3 is 2.03 bits per heavy atom. The van der Waals surface area contributed by atoms with Gasteiger partial charge >= 0.3 is 0 Å². The number of hydrogen-bond donors (Lipinski definition) is 1. The third-order valence-electron chi connectivity index (χ3n) is 6.52. The van der Waals surface area contributed by atoms with Gasteiger partial charge in [0.25, 0.3) is 0 Å². The molecule has 2 heterocycles. The number of aromatic nitrogens is 2. The average Bonchev–Trinajstić information content (AvgIpc) is 3.46. The first kappa shape index (κ1) is 27.6. The van der Waals surface area contributed by atoms with Gasteiger partial charge in [-0.15, -0.1) is 11.8 Å². The van der Waals surface area contributed by atoms with E-state index in [-0.39, 0.29) is 35.1 Å². The smallest absolute Gasteiger partial charge is 0.152 e. The summed E-state index contributed by atoms with van der Waals surface area (Å²) in [5.74, 6) is 1.10. The number of rotatable bonds is 10. The molecule has 1 atom stereocenters. The maximum Gasteiger partial charge on any atom is 0.152 e. The minimum absolute atomic E-state index is 0. The van der Waals surface area contributed by atoms with Crippen LogP contribution in [0.15, 0.2) is 97.1 Å². The molecule has 0 spiro atoms. The Morgan fingerprint density at radius 1 is 0.784 bits per heavy atom. The van der Waals surface area contributed by atoms with E-state index in [1.54, 1.807) is 0 Å². The van der Waals surface area contributed by atoms with Crippen molar-refractivity contribution in [2.24, 2.45) is 0 Å². The monoisotopic (exact) mass is 517 g/mol. The molecule has 4 nitrogen and oxygen atoms in total. The fraction of sp³-hybridized carbons (Fsp3) is 0.258. The van der Waals surface area contributed by atoms with Crippen LogP contribution in [0.3, 0.4) is 0 Å². The number of thioether (sulfide) groups is 1. The van der Waals surface area contributed by atoms with Crippen LogP contribution in [0.2, 0.25) is 0 Å². The Kier molecular flexibility index (Phi) is 9.98. The number of benzene rings is 3. The maximum absolute atomic E-state index is 4.60. The molecule has 0 aliphatic carbocycles. The van der Waals surface area contributed by atoms with Gasteiger partial charge in [0, 0.05) is 53.0 Å². The molecule has 0 fully saturated rings. The van der Waals surface area contributed by atoms with Crippen molar-refractivity contribution in [3.8, 4) is 0 Å². The van der Waals surface area contributed by atoms with Gasteiger partial charge in [-0.1, -0.05) is 85.3 Å². The summed E-state index contributed by atoms with van der Waals surface area (Å²) in [6.07, 6.45) is 3.55. The Labute approximate surface area is 247 Å². The number of unbranched alkanes of at least 4 members (excludes halogenated alkanes) is 2. The maximum atomic E-state index is 4.60. The van der Waals surface area contributed by atoms with Gasteiger partial charge in [-0.25, -0.2) is 0 Å².